The van der Waals surface area contributed by atoms with Crippen LogP contribution in [0.15, 0.2) is 23.2 Å². The van der Waals surface area contributed by atoms with Crippen LogP contribution >= 0.6 is 0 Å². The summed E-state index contributed by atoms with van der Waals surface area (Å²) in [6.07, 6.45) is 0.321. The summed E-state index contributed by atoms with van der Waals surface area (Å²) >= 11 is 0. The molecule has 1 rings (SSSR count). The number of rotatable bonds is 5. The molecular weight excluding hydrogens is 260 g/mol. The summed E-state index contributed by atoms with van der Waals surface area (Å²) < 4.78 is 30.1. The number of hydrogen-bond acceptors (Lipinski definition) is 6. The van der Waals surface area contributed by atoms with Crippen LogP contribution in [0.25, 0.3) is 0 Å². The van der Waals surface area contributed by atoms with Gasteiger partial charge in [-0.25, -0.2) is 22.9 Å². The van der Waals surface area contributed by atoms with Gasteiger partial charge >= 0.3 is 6.09 Å². The molecule has 0 aliphatic carbocycles. The lowest BCUT2D eigenvalue weighted by Gasteiger charge is -2.07. The predicted molar refractivity (Wildman–Crippen MR) is 59.7 cm³/mol. The van der Waals surface area contributed by atoms with Gasteiger partial charge in [-0.05, 0) is 12.1 Å². The number of carbonyl (C=O) groups is 1. The molecule has 1 aromatic heterocycles. The van der Waals surface area contributed by atoms with Gasteiger partial charge in [-0.3, -0.25) is 0 Å². The third-order valence-electron chi connectivity index (χ3n) is 1.80. The van der Waals surface area contributed by atoms with Crippen molar-refractivity contribution in [1.82, 2.24) is 9.71 Å². The van der Waals surface area contributed by atoms with Crippen LogP contribution in [0.4, 0.5) is 4.79 Å². The molecule has 0 fully saturated rings. The topological polar surface area (TPSA) is 135 Å². The number of nitrogens with two attached hydrogens (primary N) is 1. The molecule has 18 heavy (non-hydrogen) atoms. The second-order valence-corrected chi connectivity index (χ2v) is 4.76. The zero-order valence-electron chi connectivity index (χ0n) is 9.16. The fourth-order valence-corrected chi connectivity index (χ4v) is 2.21. The fourth-order valence-electron chi connectivity index (χ4n) is 1.10. The number of pyridine rings is 1. The first-order chi connectivity index (χ1) is 8.47. The fraction of sp³-hybridized carbons (Fsp3) is 0.222. The van der Waals surface area contributed by atoms with Crippen molar-refractivity contribution in [1.29, 1.82) is 5.26 Å². The lowest BCUT2D eigenvalue weighted by atomic mass is 10.4. The normalized spacial score (nSPS) is 10.6. The number of nitrogens with one attached hydrogen (secondary N) is 1. The zero-order valence-corrected chi connectivity index (χ0v) is 9.98. The van der Waals surface area contributed by atoms with Crippen molar-refractivity contribution in [2.24, 2.45) is 5.73 Å². The van der Waals surface area contributed by atoms with Gasteiger partial charge in [-0.15, -0.1) is 0 Å². The average Bonchev–Trinajstić information content (AvgIpc) is 2.34. The van der Waals surface area contributed by atoms with E-state index in [-0.39, 0.29) is 23.7 Å². The lowest BCUT2D eigenvalue weighted by Crippen LogP contribution is -2.29. The second-order valence-electron chi connectivity index (χ2n) is 3.03. The third kappa shape index (κ3) is 3.69. The van der Waals surface area contributed by atoms with Gasteiger partial charge in [0.05, 0.1) is 0 Å². The summed E-state index contributed by atoms with van der Waals surface area (Å²) in [4.78, 5) is 13.7. The SMILES string of the molecule is N#Cc1ncccc1S(=O)(=O)NCCOC(N)=O. The molecule has 0 spiro atoms. The van der Waals surface area contributed by atoms with Gasteiger partial charge in [-0.2, -0.15) is 5.26 Å². The van der Waals surface area contributed by atoms with Crippen LogP contribution in [0.2, 0.25) is 0 Å². The maximum atomic E-state index is 11.8. The number of nitrogens with zero attached hydrogens (tertiary/aromatic N) is 2. The maximum Gasteiger partial charge on any atom is 0.404 e. The van der Waals surface area contributed by atoms with E-state index in [1.807, 2.05) is 0 Å². The van der Waals surface area contributed by atoms with Crippen LogP contribution in [0.3, 0.4) is 0 Å². The van der Waals surface area contributed by atoms with E-state index in [1.54, 1.807) is 6.07 Å². The Bertz CT molecular complexity index is 578. The minimum atomic E-state index is -3.87. The third-order valence-corrected chi connectivity index (χ3v) is 3.30. The summed E-state index contributed by atoms with van der Waals surface area (Å²) in [7, 11) is -3.87. The molecule has 1 heterocycles. The van der Waals surface area contributed by atoms with Crippen LogP contribution in [-0.4, -0.2) is 32.6 Å². The Hall–Kier alpha value is -2.18. The predicted octanol–water partition coefficient (Wildman–Crippen LogP) is -0.673. The largest absolute Gasteiger partial charge is 0.448 e. The first-order valence-electron chi connectivity index (χ1n) is 4.74. The minimum absolute atomic E-state index is 0.148. The average molecular weight is 270 g/mol. The Balaban J connectivity index is 2.75. The monoisotopic (exact) mass is 270 g/mol. The van der Waals surface area contributed by atoms with Crippen LogP contribution in [0.1, 0.15) is 5.69 Å². The smallest absolute Gasteiger partial charge is 0.404 e. The van der Waals surface area contributed by atoms with Crippen molar-refractivity contribution in [3.8, 4) is 6.07 Å². The molecule has 0 bridgehead atoms. The first-order valence-corrected chi connectivity index (χ1v) is 6.22. The Morgan fingerprint density at radius 1 is 1.61 bits per heavy atom. The Labute approximate surface area is 103 Å². The van der Waals surface area contributed by atoms with Gasteiger partial charge in [0.2, 0.25) is 10.0 Å². The molecule has 0 atom stereocenters. The summed E-state index contributed by atoms with van der Waals surface area (Å²) in [5.41, 5.74) is 4.50. The minimum Gasteiger partial charge on any atom is -0.448 e. The first kappa shape index (κ1) is 13.9. The van der Waals surface area contributed by atoms with E-state index in [1.165, 1.54) is 18.3 Å². The van der Waals surface area contributed by atoms with Gasteiger partial charge in [0, 0.05) is 12.7 Å². The molecule has 1 amide bonds. The van der Waals surface area contributed by atoms with Crippen molar-refractivity contribution in [2.75, 3.05) is 13.2 Å². The highest BCUT2D eigenvalue weighted by molar-refractivity contribution is 7.89. The van der Waals surface area contributed by atoms with Gasteiger partial charge in [0.25, 0.3) is 0 Å². The highest BCUT2D eigenvalue weighted by Crippen LogP contribution is 2.11. The maximum absolute atomic E-state index is 11.8. The number of nitriles is 1. The molecular formula is C9H10N4O4S. The summed E-state index contributed by atoms with van der Waals surface area (Å²) in [6, 6.07) is 4.33. The van der Waals surface area contributed by atoms with E-state index in [2.05, 4.69) is 14.4 Å². The van der Waals surface area contributed by atoms with Gasteiger partial charge in [-0.1, -0.05) is 0 Å². The highest BCUT2D eigenvalue weighted by Gasteiger charge is 2.18. The number of amides is 1. The Morgan fingerprint density at radius 2 is 2.33 bits per heavy atom. The van der Waals surface area contributed by atoms with Gasteiger partial charge in [0.1, 0.15) is 17.6 Å². The number of ether oxygens (including phenoxy) is 1. The van der Waals surface area contributed by atoms with Crippen molar-refractivity contribution >= 4 is 16.1 Å². The number of primary amides is 1. The van der Waals surface area contributed by atoms with E-state index >= 15 is 0 Å². The molecule has 0 aliphatic rings. The van der Waals surface area contributed by atoms with Gasteiger partial charge < -0.3 is 10.5 Å². The van der Waals surface area contributed by atoms with E-state index in [0.717, 1.165) is 0 Å². The van der Waals surface area contributed by atoms with Crippen LogP contribution in [0, 0.1) is 11.3 Å². The number of carbonyl (C=O) groups excluding carboxylic acids is 1. The van der Waals surface area contributed by atoms with E-state index in [4.69, 9.17) is 11.0 Å². The zero-order chi connectivity index (χ0) is 13.6. The molecule has 96 valence electrons. The molecule has 8 nitrogen and oxygen atoms in total. The molecule has 0 radical (unpaired) electrons. The molecule has 0 saturated carbocycles. The second kappa shape index (κ2) is 5.95. The van der Waals surface area contributed by atoms with E-state index in [0.29, 0.717) is 0 Å². The standard InChI is InChI=1S/C9H10N4O4S/c10-6-7-8(2-1-3-12-7)18(15,16)13-4-5-17-9(11)14/h1-3,13H,4-5H2,(H2,11,14). The summed E-state index contributed by atoms with van der Waals surface area (Å²) in [5.74, 6) is 0. The number of aromatic nitrogens is 1. The van der Waals surface area contributed by atoms with Crippen LogP contribution in [-0.2, 0) is 14.8 Å². The van der Waals surface area contributed by atoms with E-state index in [9.17, 15) is 13.2 Å². The van der Waals surface area contributed by atoms with Crippen molar-refractivity contribution < 1.29 is 17.9 Å². The van der Waals surface area contributed by atoms with Crippen LogP contribution in [0.5, 0.6) is 0 Å². The summed E-state index contributed by atoms with van der Waals surface area (Å²) in [6.45, 7) is -0.345. The van der Waals surface area contributed by atoms with Crippen LogP contribution < -0.4 is 10.5 Å². The van der Waals surface area contributed by atoms with Crippen molar-refractivity contribution in [3.63, 3.8) is 0 Å². The summed E-state index contributed by atoms with van der Waals surface area (Å²) in [5, 5.41) is 8.74. The molecule has 0 saturated heterocycles. The quantitative estimate of drug-likeness (QED) is 0.681. The molecule has 0 aromatic carbocycles. The Kier molecular flexibility index (Phi) is 4.59. The van der Waals surface area contributed by atoms with Crippen molar-refractivity contribution in [3.05, 3.63) is 24.0 Å². The molecule has 9 heteroatoms. The van der Waals surface area contributed by atoms with Gasteiger partial charge in [0.15, 0.2) is 5.69 Å². The molecule has 1 aromatic rings. The van der Waals surface area contributed by atoms with Crippen molar-refractivity contribution in [2.45, 2.75) is 4.90 Å². The molecule has 0 aliphatic heterocycles. The number of sulfonamides is 1. The molecule has 3 N–H and O–H groups in total. The highest BCUT2D eigenvalue weighted by atomic mass is 32.2. The van der Waals surface area contributed by atoms with E-state index < -0.39 is 16.1 Å². The Morgan fingerprint density at radius 3 is 2.94 bits per heavy atom. The number of hydrogen-bond donors (Lipinski definition) is 2. The lowest BCUT2D eigenvalue weighted by molar-refractivity contribution is 0.159. The molecule has 0 unspecified atom stereocenters.